The predicted octanol–water partition coefficient (Wildman–Crippen LogP) is 2.94. The van der Waals surface area contributed by atoms with Crippen LogP contribution in [0.2, 0.25) is 0 Å². The fraction of sp³-hybridized carbons (Fsp3) is 0. The van der Waals surface area contributed by atoms with Crippen molar-refractivity contribution in [2.24, 2.45) is 0 Å². The van der Waals surface area contributed by atoms with Gasteiger partial charge in [-0.05, 0) is 42.1 Å². The van der Waals surface area contributed by atoms with Gasteiger partial charge in [0.25, 0.3) is 11.8 Å². The summed E-state index contributed by atoms with van der Waals surface area (Å²) < 4.78 is 0.246. The maximum absolute atomic E-state index is 12.4. The first-order chi connectivity index (χ1) is 11.5. The normalized spacial score (nSPS) is 15.8. The second-order valence-corrected chi connectivity index (χ2v) is 6.59. The highest BCUT2D eigenvalue weighted by Crippen LogP contribution is 2.31. The molecule has 2 amide bonds. The number of hydrogen-bond acceptors (Lipinski definition) is 5. The first-order valence-electron chi connectivity index (χ1n) is 6.97. The van der Waals surface area contributed by atoms with Crippen LogP contribution in [-0.2, 0) is 4.79 Å². The van der Waals surface area contributed by atoms with Crippen LogP contribution in [0.5, 0.6) is 5.75 Å². The van der Waals surface area contributed by atoms with Crippen LogP contribution in [0, 0.1) is 0 Å². The predicted molar refractivity (Wildman–Crippen MR) is 97.0 cm³/mol. The average Bonchev–Trinajstić information content (AvgIpc) is 2.83. The molecule has 2 aromatic carbocycles. The number of carbonyl (C=O) groups is 2. The van der Waals surface area contributed by atoms with Crippen molar-refractivity contribution in [1.82, 2.24) is 10.4 Å². The number of carbonyl (C=O) groups excluding carboxylic acids is 2. The largest absolute Gasteiger partial charge is 0.508 e. The Morgan fingerprint density at radius 3 is 2.62 bits per heavy atom. The molecule has 0 bridgehead atoms. The fourth-order valence-electron chi connectivity index (χ4n) is 2.08. The van der Waals surface area contributed by atoms with Crippen LogP contribution in [0.15, 0.2) is 59.5 Å². The van der Waals surface area contributed by atoms with Crippen LogP contribution in [0.4, 0.5) is 0 Å². The lowest BCUT2D eigenvalue weighted by Gasteiger charge is -2.15. The van der Waals surface area contributed by atoms with E-state index in [2.05, 4.69) is 5.43 Å². The Hall–Kier alpha value is -2.64. The molecule has 1 fully saturated rings. The van der Waals surface area contributed by atoms with Gasteiger partial charge in [-0.2, -0.15) is 5.01 Å². The van der Waals surface area contributed by atoms with Crippen molar-refractivity contribution in [2.45, 2.75) is 0 Å². The number of phenolic OH excluding ortho intramolecular Hbond substituents is 1. The van der Waals surface area contributed by atoms with E-state index in [0.29, 0.717) is 4.91 Å². The lowest BCUT2D eigenvalue weighted by Crippen LogP contribution is -2.44. The molecular weight excluding hydrogens is 344 g/mol. The van der Waals surface area contributed by atoms with Crippen molar-refractivity contribution in [2.75, 3.05) is 0 Å². The van der Waals surface area contributed by atoms with Gasteiger partial charge in [0.1, 0.15) is 5.75 Å². The number of aromatic hydroxyl groups is 1. The fourth-order valence-corrected chi connectivity index (χ4v) is 3.26. The van der Waals surface area contributed by atoms with Gasteiger partial charge in [0.05, 0.1) is 4.91 Å². The Morgan fingerprint density at radius 1 is 1.17 bits per heavy atom. The van der Waals surface area contributed by atoms with E-state index in [1.807, 2.05) is 30.3 Å². The topological polar surface area (TPSA) is 69.6 Å². The van der Waals surface area contributed by atoms with E-state index in [9.17, 15) is 14.7 Å². The third kappa shape index (κ3) is 3.47. The molecule has 7 heteroatoms. The van der Waals surface area contributed by atoms with Crippen LogP contribution in [0.1, 0.15) is 15.9 Å². The van der Waals surface area contributed by atoms with E-state index in [1.54, 1.807) is 12.1 Å². The van der Waals surface area contributed by atoms with Gasteiger partial charge in [0.2, 0.25) is 0 Å². The molecule has 1 saturated heterocycles. The average molecular weight is 356 g/mol. The molecule has 0 atom stereocenters. The lowest BCUT2D eigenvalue weighted by molar-refractivity contribution is -0.123. The molecule has 5 nitrogen and oxygen atoms in total. The van der Waals surface area contributed by atoms with Crippen molar-refractivity contribution in [3.63, 3.8) is 0 Å². The SMILES string of the molecule is O=C(NN1C(=O)/C(=C\c2ccccc2)SC1=S)c1cccc(O)c1. The summed E-state index contributed by atoms with van der Waals surface area (Å²) in [6.07, 6.45) is 1.72. The summed E-state index contributed by atoms with van der Waals surface area (Å²) in [6.45, 7) is 0. The second-order valence-electron chi connectivity index (χ2n) is 4.92. The number of thiocarbonyl (C=S) groups is 1. The standard InChI is InChI=1S/C17H12N2O3S2/c20-13-8-4-7-12(10-13)15(21)18-19-16(22)14(24-17(19)23)9-11-5-2-1-3-6-11/h1-10,20H,(H,18,21)/b14-9+. The molecule has 2 N–H and O–H groups in total. The molecular formula is C17H12N2O3S2. The molecule has 120 valence electrons. The van der Waals surface area contributed by atoms with Crippen LogP contribution in [0.25, 0.3) is 6.08 Å². The van der Waals surface area contributed by atoms with Crippen molar-refractivity contribution in [3.05, 3.63) is 70.6 Å². The number of hydrogen-bond donors (Lipinski definition) is 2. The van der Waals surface area contributed by atoms with E-state index in [4.69, 9.17) is 12.2 Å². The molecule has 0 radical (unpaired) electrons. The molecule has 0 unspecified atom stereocenters. The Kier molecular flexibility index (Phi) is 4.64. The number of rotatable bonds is 3. The van der Waals surface area contributed by atoms with Crippen LogP contribution in [0.3, 0.4) is 0 Å². The smallest absolute Gasteiger partial charge is 0.285 e. The van der Waals surface area contributed by atoms with Crippen molar-refractivity contribution < 1.29 is 14.7 Å². The third-order valence-electron chi connectivity index (χ3n) is 3.21. The highest BCUT2D eigenvalue weighted by molar-refractivity contribution is 8.26. The van der Waals surface area contributed by atoms with Gasteiger partial charge in [-0.25, -0.2) is 0 Å². The van der Waals surface area contributed by atoms with Gasteiger partial charge in [-0.15, -0.1) is 0 Å². The van der Waals surface area contributed by atoms with E-state index in [-0.39, 0.29) is 21.5 Å². The number of nitrogens with zero attached hydrogens (tertiary/aromatic N) is 1. The Balaban J connectivity index is 1.77. The number of nitrogens with one attached hydrogen (secondary N) is 1. The van der Waals surface area contributed by atoms with Gasteiger partial charge in [0.15, 0.2) is 4.32 Å². The minimum Gasteiger partial charge on any atom is -0.508 e. The minimum absolute atomic E-state index is 0.0305. The number of amides is 2. The van der Waals surface area contributed by atoms with Crippen molar-refractivity contribution in [1.29, 1.82) is 0 Å². The van der Waals surface area contributed by atoms with E-state index < -0.39 is 5.91 Å². The molecule has 0 saturated carbocycles. The summed E-state index contributed by atoms with van der Waals surface area (Å²) in [4.78, 5) is 25.1. The van der Waals surface area contributed by atoms with Gasteiger partial charge in [-0.3, -0.25) is 15.0 Å². The molecule has 0 aromatic heterocycles. The molecule has 1 aliphatic heterocycles. The number of thioether (sulfide) groups is 1. The van der Waals surface area contributed by atoms with Gasteiger partial charge in [-0.1, -0.05) is 48.2 Å². The Bertz CT molecular complexity index is 850. The van der Waals surface area contributed by atoms with Gasteiger partial charge < -0.3 is 5.11 Å². The van der Waals surface area contributed by atoms with Gasteiger partial charge >= 0.3 is 0 Å². The van der Waals surface area contributed by atoms with Crippen LogP contribution in [-0.4, -0.2) is 26.3 Å². The number of phenols is 1. The Labute approximate surface area is 147 Å². The highest BCUT2D eigenvalue weighted by atomic mass is 32.2. The van der Waals surface area contributed by atoms with Crippen LogP contribution < -0.4 is 5.43 Å². The minimum atomic E-state index is -0.525. The molecule has 1 aliphatic rings. The molecule has 1 heterocycles. The van der Waals surface area contributed by atoms with E-state index in [1.165, 1.54) is 18.2 Å². The van der Waals surface area contributed by atoms with Crippen molar-refractivity contribution in [3.8, 4) is 5.75 Å². The molecule has 2 aromatic rings. The van der Waals surface area contributed by atoms with Gasteiger partial charge in [0, 0.05) is 5.56 Å². The molecule has 0 aliphatic carbocycles. The lowest BCUT2D eigenvalue weighted by atomic mass is 10.2. The second kappa shape index (κ2) is 6.86. The summed E-state index contributed by atoms with van der Waals surface area (Å²) in [5.41, 5.74) is 3.57. The molecule has 0 spiro atoms. The zero-order valence-corrected chi connectivity index (χ0v) is 13.9. The summed E-state index contributed by atoms with van der Waals surface area (Å²) in [5.74, 6) is -0.942. The zero-order chi connectivity index (χ0) is 17.1. The Morgan fingerprint density at radius 2 is 1.92 bits per heavy atom. The third-order valence-corrected chi connectivity index (χ3v) is 4.51. The first kappa shape index (κ1) is 16.2. The maximum atomic E-state index is 12.4. The first-order valence-corrected chi connectivity index (χ1v) is 8.20. The monoisotopic (exact) mass is 356 g/mol. The van der Waals surface area contributed by atoms with Crippen molar-refractivity contribution >= 4 is 46.2 Å². The van der Waals surface area contributed by atoms with Crippen LogP contribution >= 0.6 is 24.0 Å². The summed E-state index contributed by atoms with van der Waals surface area (Å²) in [6, 6.07) is 15.2. The number of hydrazine groups is 1. The summed E-state index contributed by atoms with van der Waals surface area (Å²) >= 11 is 6.29. The molecule has 3 rings (SSSR count). The summed E-state index contributed by atoms with van der Waals surface area (Å²) in [7, 11) is 0. The molecule has 24 heavy (non-hydrogen) atoms. The number of benzene rings is 2. The highest BCUT2D eigenvalue weighted by Gasteiger charge is 2.33. The van der Waals surface area contributed by atoms with E-state index >= 15 is 0 Å². The van der Waals surface area contributed by atoms with E-state index in [0.717, 1.165) is 22.3 Å². The maximum Gasteiger partial charge on any atom is 0.285 e. The quantitative estimate of drug-likeness (QED) is 0.654. The zero-order valence-electron chi connectivity index (χ0n) is 12.3. The summed E-state index contributed by atoms with van der Waals surface area (Å²) in [5, 5.41) is 10.5.